The van der Waals surface area contributed by atoms with Gasteiger partial charge >= 0.3 is 12.2 Å². The van der Waals surface area contributed by atoms with E-state index in [1.54, 1.807) is 55.5 Å². The first-order chi connectivity index (χ1) is 25.9. The smallest absolute Gasteiger partial charge is 0.410 e. The summed E-state index contributed by atoms with van der Waals surface area (Å²) in [4.78, 5) is 26.7. The number of aliphatic hydroxyl groups excluding tert-OH is 1. The number of benzene rings is 3. The molecule has 0 saturated carbocycles. The maximum absolute atomic E-state index is 12.8. The lowest BCUT2D eigenvalue weighted by Gasteiger charge is -2.17. The van der Waals surface area contributed by atoms with Crippen LogP contribution in [-0.4, -0.2) is 73.9 Å². The zero-order valence-corrected chi connectivity index (χ0v) is 26.1. The van der Waals surface area contributed by atoms with Gasteiger partial charge in [0.25, 0.3) is 10.1 Å². The van der Waals surface area contributed by atoms with Gasteiger partial charge in [0.2, 0.25) is 0 Å². The summed E-state index contributed by atoms with van der Waals surface area (Å²) in [6, 6.07) is 23.8. The minimum absolute atomic E-state index is 0.0415. The van der Waals surface area contributed by atoms with Crippen molar-refractivity contribution >= 4 is 22.3 Å². The lowest BCUT2D eigenvalue weighted by molar-refractivity contribution is 0.0966. The molecule has 2 amide bonds. The summed E-state index contributed by atoms with van der Waals surface area (Å²) in [5, 5.41) is 9.95. The Bertz CT molecular complexity index is 1880. The Morgan fingerprint density at radius 1 is 0.783 bits per heavy atom. The normalized spacial score (nSPS) is 25.3. The van der Waals surface area contributed by atoms with Crippen LogP contribution < -0.4 is 0 Å². The predicted octanol–water partition coefficient (Wildman–Crippen LogP) is 5.77. The molecule has 0 aromatic heterocycles. The molecule has 0 unspecified atom stereocenters. The van der Waals surface area contributed by atoms with Gasteiger partial charge in [0, 0.05) is 38.6 Å². The van der Waals surface area contributed by atoms with E-state index in [1.165, 1.54) is 12.1 Å². The van der Waals surface area contributed by atoms with Gasteiger partial charge in [0.1, 0.15) is 13.2 Å². The van der Waals surface area contributed by atoms with Crippen LogP contribution in [-0.2, 0) is 37.0 Å². The first kappa shape index (κ1) is 23.4. The van der Waals surface area contributed by atoms with E-state index in [2.05, 4.69) is 0 Å². The quantitative estimate of drug-likeness (QED) is 0.287. The van der Waals surface area contributed by atoms with Crippen LogP contribution in [0.15, 0.2) is 89.8 Å². The fourth-order valence-corrected chi connectivity index (χ4v) is 5.88. The van der Waals surface area contributed by atoms with E-state index in [1.807, 2.05) is 24.3 Å². The van der Waals surface area contributed by atoms with Crippen LogP contribution >= 0.6 is 0 Å². The molecule has 10 nitrogen and oxygen atoms in total. The third kappa shape index (κ3) is 9.78. The number of β-amino-alcohol motifs (C(OH)–C–C–N with tert-alkyl or cyclic N) is 1. The molecule has 46 heavy (non-hydrogen) atoms. The number of rotatable bonds is 9. The van der Waals surface area contributed by atoms with Crippen molar-refractivity contribution < 1.29 is 50.5 Å². The zero-order valence-electron chi connectivity index (χ0n) is 35.2. The fourth-order valence-electron chi connectivity index (χ4n) is 4.78. The molecule has 0 bridgehead atoms. The molecule has 248 valence electrons. The molecule has 0 radical (unpaired) electrons. The molecule has 2 aliphatic rings. The molecule has 1 N–H and O–H groups in total. The minimum atomic E-state index is -4.33. The van der Waals surface area contributed by atoms with Crippen molar-refractivity contribution in [2.75, 3.05) is 26.2 Å². The minimum Gasteiger partial charge on any atom is -0.445 e. The second-order valence-electron chi connectivity index (χ2n) is 10.9. The van der Waals surface area contributed by atoms with Gasteiger partial charge < -0.3 is 24.4 Å². The zero-order chi connectivity index (χ0) is 41.7. The first-order valence-electron chi connectivity index (χ1n) is 19.5. The maximum atomic E-state index is 12.8. The van der Waals surface area contributed by atoms with E-state index in [4.69, 9.17) is 27.4 Å². The van der Waals surface area contributed by atoms with Gasteiger partial charge in [-0.2, -0.15) is 8.42 Å². The summed E-state index contributed by atoms with van der Waals surface area (Å²) in [6.07, 6.45) is -9.55. The summed E-state index contributed by atoms with van der Waals surface area (Å²) in [5.74, 6) is -2.60. The molecular formula is C35H44N2O8S. The average molecular weight is 663 g/mol. The van der Waals surface area contributed by atoms with E-state index in [0.29, 0.717) is 0 Å². The van der Waals surface area contributed by atoms with E-state index in [-0.39, 0.29) is 44.3 Å². The van der Waals surface area contributed by atoms with E-state index in [0.717, 1.165) is 26.5 Å². The highest BCUT2D eigenvalue weighted by molar-refractivity contribution is 7.86. The van der Waals surface area contributed by atoms with Crippen molar-refractivity contribution in [1.29, 1.82) is 0 Å². The highest BCUT2D eigenvalue weighted by atomic mass is 32.2. The van der Waals surface area contributed by atoms with E-state index in [9.17, 15) is 23.1 Å². The Morgan fingerprint density at radius 2 is 1.28 bits per heavy atom. The number of carbonyl (C=O) groups is 2. The number of ether oxygens (including phenoxy) is 2. The second kappa shape index (κ2) is 16.6. The first-order valence-corrected chi connectivity index (χ1v) is 15.9. The highest BCUT2D eigenvalue weighted by Gasteiger charge is 2.39. The molecule has 4 atom stereocenters. The molecule has 11 heteroatoms. The number of amides is 2. The van der Waals surface area contributed by atoms with Crippen molar-refractivity contribution in [3.8, 4) is 0 Å². The van der Waals surface area contributed by atoms with Crippen molar-refractivity contribution in [2.24, 2.45) is 11.8 Å². The molecule has 2 saturated heterocycles. The van der Waals surface area contributed by atoms with Crippen LogP contribution in [0.1, 0.15) is 56.8 Å². The van der Waals surface area contributed by atoms with Gasteiger partial charge in [-0.25, -0.2) is 9.59 Å². The van der Waals surface area contributed by atoms with Crippen molar-refractivity contribution in [3.05, 3.63) is 102 Å². The molecule has 2 heterocycles. The third-order valence-electron chi connectivity index (χ3n) is 7.41. The third-order valence-corrected chi connectivity index (χ3v) is 8.76. The SMILES string of the molecule is [2H]C([2H])([2H])C([2H])([2H])[C@H]1CN(C(=O)OCc2ccccc2)C[C@@H]1O.[2H]C([2H])([2H])C([2H])([2H])[C@H]1CN(C(=O)OCc2ccccc2)C[C@@H]1OS(=O)(=O)c1ccc(C)cc1. The summed E-state index contributed by atoms with van der Waals surface area (Å²) < 4.78 is 118. The molecule has 3 aromatic carbocycles. The Balaban J connectivity index is 0.000000265. The maximum Gasteiger partial charge on any atom is 0.410 e. The molecule has 2 fully saturated rings. The van der Waals surface area contributed by atoms with Crippen molar-refractivity contribution in [2.45, 2.75) is 63.7 Å². The Kier molecular flexibility index (Phi) is 8.43. The number of carbonyl (C=O) groups excluding carboxylic acids is 2. The van der Waals surface area contributed by atoms with Crippen LogP contribution in [0.25, 0.3) is 0 Å². The molecular weight excluding hydrogens is 608 g/mol. The topological polar surface area (TPSA) is 123 Å². The molecule has 2 aliphatic heterocycles. The van der Waals surface area contributed by atoms with Crippen LogP contribution in [0.3, 0.4) is 0 Å². The fraction of sp³-hybridized carbons (Fsp3) is 0.429. The van der Waals surface area contributed by atoms with Crippen LogP contribution in [0.5, 0.6) is 0 Å². The van der Waals surface area contributed by atoms with E-state index < -0.39 is 72.8 Å². The number of hydrogen-bond acceptors (Lipinski definition) is 8. The van der Waals surface area contributed by atoms with Gasteiger partial charge in [-0.1, -0.05) is 92.1 Å². The average Bonchev–Trinajstić information content (AvgIpc) is 3.74. The number of aliphatic hydroxyl groups is 1. The van der Waals surface area contributed by atoms with Crippen LogP contribution in [0.2, 0.25) is 0 Å². The summed E-state index contributed by atoms with van der Waals surface area (Å²) in [7, 11) is -4.33. The summed E-state index contributed by atoms with van der Waals surface area (Å²) >= 11 is 0. The van der Waals surface area contributed by atoms with Gasteiger partial charge in [-0.3, -0.25) is 4.18 Å². The standard InChI is InChI=1S/C21H25NO5S.C14H19NO3/c1-3-18-13-22(21(23)26-15-17-7-5-4-6-8-17)14-20(18)27-28(24,25)19-11-9-16(2)10-12-19;1-2-12-8-15(9-13(12)16)14(17)18-10-11-6-4-3-5-7-11/h4-12,18,20H,3,13-15H2,1-2H3;3-7,12-13,16H,2,8-10H2,1H3/t18-,20-;12-,13-/m00/s1/i1D3,3D2;1D3,2D2. The number of aryl methyl sites for hydroxylation is 1. The molecule has 0 spiro atoms. The monoisotopic (exact) mass is 662 g/mol. The van der Waals surface area contributed by atoms with Crippen LogP contribution in [0, 0.1) is 18.8 Å². The lowest BCUT2D eigenvalue weighted by Crippen LogP contribution is -2.31. The Morgan fingerprint density at radius 3 is 1.83 bits per heavy atom. The molecule has 0 aliphatic carbocycles. The van der Waals surface area contributed by atoms with Gasteiger partial charge in [0.05, 0.1) is 30.2 Å². The van der Waals surface area contributed by atoms with Crippen LogP contribution in [0.4, 0.5) is 9.59 Å². The van der Waals surface area contributed by atoms with E-state index >= 15 is 0 Å². The van der Waals surface area contributed by atoms with Gasteiger partial charge in [0.15, 0.2) is 0 Å². The van der Waals surface area contributed by atoms with Gasteiger partial charge in [-0.05, 0) is 42.9 Å². The number of nitrogens with zero attached hydrogens (tertiary/aromatic N) is 2. The summed E-state index contributed by atoms with van der Waals surface area (Å²) in [5.41, 5.74) is 2.36. The number of hydrogen-bond donors (Lipinski definition) is 1. The molecule has 3 aromatic rings. The largest absolute Gasteiger partial charge is 0.445 e. The predicted molar refractivity (Wildman–Crippen MR) is 173 cm³/mol. The Hall–Kier alpha value is -3.93. The lowest BCUT2D eigenvalue weighted by atomic mass is 10.0. The Labute approximate surface area is 286 Å². The molecule has 5 rings (SSSR count). The second-order valence-corrected chi connectivity index (χ2v) is 12.4. The van der Waals surface area contributed by atoms with Gasteiger partial charge in [-0.15, -0.1) is 0 Å². The highest BCUT2D eigenvalue weighted by Crippen LogP contribution is 2.27. The van der Waals surface area contributed by atoms with Crippen molar-refractivity contribution in [1.82, 2.24) is 9.80 Å². The number of likely N-dealkylation sites (tertiary alicyclic amines) is 2. The summed E-state index contributed by atoms with van der Waals surface area (Å²) in [6.45, 7) is -5.17. The van der Waals surface area contributed by atoms with Crippen molar-refractivity contribution in [3.63, 3.8) is 0 Å².